The van der Waals surface area contributed by atoms with E-state index in [0.717, 1.165) is 5.56 Å². The summed E-state index contributed by atoms with van der Waals surface area (Å²) in [6.45, 7) is 3.76. The number of nitriles is 1. The van der Waals surface area contributed by atoms with Crippen molar-refractivity contribution in [1.29, 1.82) is 5.26 Å². The first-order valence-corrected chi connectivity index (χ1v) is 6.80. The number of sulfonamides is 1. The van der Waals surface area contributed by atoms with Crippen LogP contribution in [0.25, 0.3) is 0 Å². The average Bonchev–Trinajstić information content (AvgIpc) is 2.35. The van der Waals surface area contributed by atoms with Gasteiger partial charge in [0.2, 0.25) is 10.0 Å². The molecule has 0 saturated carbocycles. The van der Waals surface area contributed by atoms with Crippen LogP contribution in [0, 0.1) is 11.3 Å². The number of hydrogen-bond donors (Lipinski definition) is 0. The highest BCUT2D eigenvalue weighted by atomic mass is 32.2. The molecular formula is C11H15N3O2S. The highest BCUT2D eigenvalue weighted by Gasteiger charge is 2.27. The number of rotatable bonds is 5. The van der Waals surface area contributed by atoms with Gasteiger partial charge in [0.25, 0.3) is 0 Å². The van der Waals surface area contributed by atoms with Gasteiger partial charge in [-0.2, -0.15) is 9.57 Å². The van der Waals surface area contributed by atoms with E-state index in [9.17, 15) is 8.42 Å². The number of nitrogens with zero attached hydrogens (tertiary/aromatic N) is 3. The summed E-state index contributed by atoms with van der Waals surface area (Å²) < 4.78 is 25.3. The van der Waals surface area contributed by atoms with Crippen molar-refractivity contribution in [2.24, 2.45) is 0 Å². The molecule has 0 radical (unpaired) electrons. The lowest BCUT2D eigenvalue weighted by atomic mass is 10.3. The third-order valence-corrected chi connectivity index (χ3v) is 4.56. The Kier molecular flexibility index (Phi) is 4.61. The smallest absolute Gasteiger partial charge is 0.230 e. The van der Waals surface area contributed by atoms with Gasteiger partial charge in [-0.3, -0.25) is 4.98 Å². The summed E-state index contributed by atoms with van der Waals surface area (Å²) in [6.07, 6.45) is 3.23. The maximum absolute atomic E-state index is 12.0. The molecule has 92 valence electrons. The van der Waals surface area contributed by atoms with E-state index < -0.39 is 15.3 Å². The van der Waals surface area contributed by atoms with Crippen molar-refractivity contribution in [3.05, 3.63) is 30.1 Å². The number of hydrogen-bond acceptors (Lipinski definition) is 4. The van der Waals surface area contributed by atoms with Crippen molar-refractivity contribution in [3.8, 4) is 6.07 Å². The van der Waals surface area contributed by atoms with Gasteiger partial charge in [-0.15, -0.1) is 0 Å². The topological polar surface area (TPSA) is 74.1 Å². The van der Waals surface area contributed by atoms with Crippen LogP contribution in [0.3, 0.4) is 0 Å². The van der Waals surface area contributed by atoms with Gasteiger partial charge in [0.1, 0.15) is 0 Å². The Labute approximate surface area is 102 Å². The molecule has 0 N–H and O–H groups in total. The van der Waals surface area contributed by atoms with Crippen molar-refractivity contribution >= 4 is 10.0 Å². The molecule has 1 heterocycles. The molecule has 0 aliphatic heterocycles. The third kappa shape index (κ3) is 3.25. The van der Waals surface area contributed by atoms with Crippen molar-refractivity contribution in [1.82, 2.24) is 9.29 Å². The van der Waals surface area contributed by atoms with E-state index in [1.54, 1.807) is 37.5 Å². The number of aromatic nitrogens is 1. The minimum Gasteiger partial charge on any atom is -0.265 e. The van der Waals surface area contributed by atoms with Gasteiger partial charge in [0.05, 0.1) is 6.07 Å². The van der Waals surface area contributed by atoms with Crippen LogP contribution in [0.1, 0.15) is 19.4 Å². The van der Waals surface area contributed by atoms with Crippen molar-refractivity contribution in [2.75, 3.05) is 6.54 Å². The van der Waals surface area contributed by atoms with Crippen molar-refractivity contribution < 1.29 is 8.42 Å². The zero-order valence-corrected chi connectivity index (χ0v) is 10.7. The molecule has 6 heteroatoms. The summed E-state index contributed by atoms with van der Waals surface area (Å²) in [5.41, 5.74) is 0.857. The Morgan fingerprint density at radius 1 is 1.47 bits per heavy atom. The molecule has 0 saturated heterocycles. The lowest BCUT2D eigenvalue weighted by Gasteiger charge is -2.21. The second-order valence-corrected chi connectivity index (χ2v) is 5.85. The zero-order valence-electron chi connectivity index (χ0n) is 9.87. The van der Waals surface area contributed by atoms with Crippen LogP contribution < -0.4 is 0 Å². The first-order valence-electron chi connectivity index (χ1n) is 5.29. The molecule has 5 nitrogen and oxygen atoms in total. The molecule has 1 aromatic heterocycles. The van der Waals surface area contributed by atoms with Crippen LogP contribution in [0.15, 0.2) is 24.5 Å². The molecule has 1 aromatic rings. The van der Waals surface area contributed by atoms with E-state index in [2.05, 4.69) is 4.98 Å². The van der Waals surface area contributed by atoms with Crippen LogP contribution in [-0.2, 0) is 16.6 Å². The predicted molar refractivity (Wildman–Crippen MR) is 64.3 cm³/mol. The van der Waals surface area contributed by atoms with Crippen molar-refractivity contribution in [3.63, 3.8) is 0 Å². The second-order valence-electron chi connectivity index (χ2n) is 3.60. The van der Waals surface area contributed by atoms with E-state index in [4.69, 9.17) is 5.26 Å². The molecule has 0 aliphatic carbocycles. The molecule has 0 aromatic carbocycles. The fourth-order valence-electron chi connectivity index (χ4n) is 1.36. The van der Waals surface area contributed by atoms with Gasteiger partial charge in [-0.05, 0) is 24.6 Å². The van der Waals surface area contributed by atoms with Gasteiger partial charge in [0, 0.05) is 25.5 Å². The van der Waals surface area contributed by atoms with Crippen LogP contribution in [0.4, 0.5) is 0 Å². The fourth-order valence-corrected chi connectivity index (χ4v) is 2.63. The Morgan fingerprint density at radius 3 is 2.53 bits per heavy atom. The fraction of sp³-hybridized carbons (Fsp3) is 0.455. The van der Waals surface area contributed by atoms with Gasteiger partial charge in [-0.1, -0.05) is 6.92 Å². The second kappa shape index (κ2) is 5.75. The Balaban J connectivity index is 2.91. The molecule has 1 rings (SSSR count). The molecule has 0 bridgehead atoms. The highest BCUT2D eigenvalue weighted by Crippen LogP contribution is 2.12. The minimum absolute atomic E-state index is 0.271. The maximum Gasteiger partial charge on any atom is 0.230 e. The Bertz CT molecular complexity index is 493. The van der Waals surface area contributed by atoms with Crippen molar-refractivity contribution in [2.45, 2.75) is 25.6 Å². The van der Waals surface area contributed by atoms with Crippen LogP contribution >= 0.6 is 0 Å². The van der Waals surface area contributed by atoms with Gasteiger partial charge < -0.3 is 0 Å². The van der Waals surface area contributed by atoms with E-state index in [1.165, 1.54) is 11.2 Å². The lowest BCUT2D eigenvalue weighted by Crippen LogP contribution is -2.36. The maximum atomic E-state index is 12.0. The highest BCUT2D eigenvalue weighted by molar-refractivity contribution is 7.89. The van der Waals surface area contributed by atoms with Gasteiger partial charge >= 0.3 is 0 Å². The molecule has 1 atom stereocenters. The molecule has 0 spiro atoms. The molecular weight excluding hydrogens is 238 g/mol. The van der Waals surface area contributed by atoms with E-state index in [1.807, 2.05) is 0 Å². The van der Waals surface area contributed by atoms with Gasteiger partial charge in [-0.25, -0.2) is 8.42 Å². The average molecular weight is 253 g/mol. The Hall–Kier alpha value is -1.45. The van der Waals surface area contributed by atoms with Gasteiger partial charge in [0.15, 0.2) is 5.25 Å². The molecule has 17 heavy (non-hydrogen) atoms. The SMILES string of the molecule is CCN(Cc1ccncc1)S(=O)(=O)C(C)C#N. The summed E-state index contributed by atoms with van der Waals surface area (Å²) in [6, 6.07) is 5.28. The molecule has 0 aliphatic rings. The summed E-state index contributed by atoms with van der Waals surface area (Å²) in [4.78, 5) is 3.87. The molecule has 1 unspecified atom stereocenters. The van der Waals surface area contributed by atoms with E-state index in [-0.39, 0.29) is 6.54 Å². The van der Waals surface area contributed by atoms with E-state index >= 15 is 0 Å². The summed E-state index contributed by atoms with van der Waals surface area (Å²) in [5, 5.41) is 7.69. The largest absolute Gasteiger partial charge is 0.265 e. The molecule has 0 amide bonds. The quantitative estimate of drug-likeness (QED) is 0.788. The molecule has 0 fully saturated rings. The standard InChI is InChI=1S/C11H15N3O2S/c1-3-14(17(15,16)10(2)8-12)9-11-4-6-13-7-5-11/h4-7,10H,3,9H2,1-2H3. The predicted octanol–water partition coefficient (Wildman–Crippen LogP) is 1.15. The van der Waals surface area contributed by atoms with Crippen LogP contribution in [0.5, 0.6) is 0 Å². The van der Waals surface area contributed by atoms with E-state index in [0.29, 0.717) is 6.54 Å². The normalized spacial score (nSPS) is 13.3. The van der Waals surface area contributed by atoms with Crippen LogP contribution in [-0.4, -0.2) is 29.5 Å². The minimum atomic E-state index is -3.55. The van der Waals surface area contributed by atoms with Crippen LogP contribution in [0.2, 0.25) is 0 Å². The first-order chi connectivity index (χ1) is 8.02. The summed E-state index contributed by atoms with van der Waals surface area (Å²) in [7, 11) is -3.55. The Morgan fingerprint density at radius 2 is 2.06 bits per heavy atom. The lowest BCUT2D eigenvalue weighted by molar-refractivity contribution is 0.420. The first kappa shape index (κ1) is 13.6. The zero-order chi connectivity index (χ0) is 12.9. The number of pyridine rings is 1. The summed E-state index contributed by atoms with van der Waals surface area (Å²) >= 11 is 0. The monoisotopic (exact) mass is 253 g/mol. The summed E-state index contributed by atoms with van der Waals surface area (Å²) in [5.74, 6) is 0. The third-order valence-electron chi connectivity index (χ3n) is 2.45.